The van der Waals surface area contributed by atoms with E-state index >= 15 is 0 Å². The van der Waals surface area contributed by atoms with E-state index in [1.54, 1.807) is 6.92 Å². The molecule has 0 aromatic rings. The molecule has 1 aliphatic heterocycles. The lowest BCUT2D eigenvalue weighted by molar-refractivity contribution is -0.277. The van der Waals surface area contributed by atoms with Crippen molar-refractivity contribution in [1.29, 1.82) is 0 Å². The molecule has 1 fully saturated rings. The molecule has 3 N–H and O–H groups in total. The molecule has 1 rings (SSSR count). The van der Waals surface area contributed by atoms with Crippen molar-refractivity contribution in [3.05, 3.63) is 0 Å². The number of hydroxylamine groups is 1. The monoisotopic (exact) mass is 205 g/mol. The first-order chi connectivity index (χ1) is 6.50. The van der Waals surface area contributed by atoms with Crippen LogP contribution in [0, 0.1) is 0 Å². The molecule has 0 bridgehead atoms. The Morgan fingerprint density at radius 2 is 2.14 bits per heavy atom. The first-order valence-corrected chi connectivity index (χ1v) is 4.44. The molecule has 0 radical (unpaired) electrons. The third-order valence-corrected chi connectivity index (χ3v) is 2.01. The average molecular weight is 205 g/mol. The SMILES string of the molecule is CC(=O)NO[C@H]1O[C@H](C)[C@@H](O)C[C@H]1O. The van der Waals surface area contributed by atoms with Gasteiger partial charge >= 0.3 is 0 Å². The minimum Gasteiger partial charge on any atom is -0.390 e. The maximum atomic E-state index is 10.5. The second-order valence-corrected chi connectivity index (χ2v) is 3.36. The average Bonchev–Trinajstić information content (AvgIpc) is 2.09. The Labute approximate surface area is 81.8 Å². The summed E-state index contributed by atoms with van der Waals surface area (Å²) >= 11 is 0. The molecule has 82 valence electrons. The van der Waals surface area contributed by atoms with Gasteiger partial charge in [0.1, 0.15) is 6.10 Å². The van der Waals surface area contributed by atoms with Gasteiger partial charge in [0.2, 0.25) is 12.2 Å². The quantitative estimate of drug-likeness (QED) is 0.499. The van der Waals surface area contributed by atoms with Gasteiger partial charge < -0.3 is 14.9 Å². The number of carbonyl (C=O) groups excluding carboxylic acids is 1. The molecule has 1 aliphatic rings. The van der Waals surface area contributed by atoms with E-state index in [9.17, 15) is 15.0 Å². The Bertz CT molecular complexity index is 210. The molecule has 1 heterocycles. The maximum Gasteiger partial charge on any atom is 0.240 e. The zero-order valence-corrected chi connectivity index (χ0v) is 8.14. The molecule has 0 spiro atoms. The van der Waals surface area contributed by atoms with Crippen molar-refractivity contribution < 1.29 is 24.6 Å². The number of hydrogen-bond donors (Lipinski definition) is 3. The van der Waals surface area contributed by atoms with Gasteiger partial charge in [0.25, 0.3) is 0 Å². The molecule has 1 amide bonds. The first-order valence-electron chi connectivity index (χ1n) is 4.44. The third kappa shape index (κ3) is 2.91. The van der Waals surface area contributed by atoms with Crippen molar-refractivity contribution in [3.8, 4) is 0 Å². The molecular formula is C8H15NO5. The summed E-state index contributed by atoms with van der Waals surface area (Å²) in [6.45, 7) is 2.95. The number of ether oxygens (including phenoxy) is 1. The topological polar surface area (TPSA) is 88.0 Å². The smallest absolute Gasteiger partial charge is 0.240 e. The first kappa shape index (κ1) is 11.4. The van der Waals surface area contributed by atoms with Crippen LogP contribution in [-0.4, -0.2) is 40.7 Å². The molecule has 0 aromatic carbocycles. The van der Waals surface area contributed by atoms with Gasteiger partial charge in [-0.25, -0.2) is 10.3 Å². The number of aliphatic hydroxyl groups excluding tert-OH is 2. The number of carbonyl (C=O) groups is 1. The fourth-order valence-electron chi connectivity index (χ4n) is 1.19. The van der Waals surface area contributed by atoms with Crippen molar-refractivity contribution >= 4 is 5.91 Å². The lowest BCUT2D eigenvalue weighted by Crippen LogP contribution is -2.49. The van der Waals surface area contributed by atoms with E-state index in [-0.39, 0.29) is 12.3 Å². The summed E-state index contributed by atoms with van der Waals surface area (Å²) in [4.78, 5) is 15.3. The number of aliphatic hydroxyl groups is 2. The summed E-state index contributed by atoms with van der Waals surface area (Å²) in [5.74, 6) is -0.375. The van der Waals surface area contributed by atoms with Gasteiger partial charge in [-0.05, 0) is 6.92 Å². The second kappa shape index (κ2) is 4.70. The molecule has 14 heavy (non-hydrogen) atoms. The Hall–Kier alpha value is -0.690. The third-order valence-electron chi connectivity index (χ3n) is 2.01. The number of amides is 1. The minimum absolute atomic E-state index is 0.172. The van der Waals surface area contributed by atoms with E-state index in [0.717, 1.165) is 0 Å². The van der Waals surface area contributed by atoms with Gasteiger partial charge in [-0.15, -0.1) is 0 Å². The Kier molecular flexibility index (Phi) is 3.82. The summed E-state index contributed by atoms with van der Waals surface area (Å²) in [5, 5.41) is 18.7. The van der Waals surface area contributed by atoms with E-state index < -0.39 is 24.6 Å². The molecule has 4 atom stereocenters. The molecule has 0 unspecified atom stereocenters. The van der Waals surface area contributed by atoms with Crippen LogP contribution >= 0.6 is 0 Å². The van der Waals surface area contributed by atoms with Crippen LogP contribution in [0.2, 0.25) is 0 Å². The zero-order chi connectivity index (χ0) is 10.7. The van der Waals surface area contributed by atoms with Crippen LogP contribution < -0.4 is 5.48 Å². The van der Waals surface area contributed by atoms with Crippen molar-refractivity contribution in [1.82, 2.24) is 5.48 Å². The highest BCUT2D eigenvalue weighted by Crippen LogP contribution is 2.20. The van der Waals surface area contributed by atoms with E-state index in [2.05, 4.69) is 5.48 Å². The number of nitrogens with one attached hydrogen (secondary N) is 1. The van der Waals surface area contributed by atoms with Crippen molar-refractivity contribution in [2.75, 3.05) is 0 Å². The molecular weight excluding hydrogens is 190 g/mol. The van der Waals surface area contributed by atoms with Crippen LogP contribution in [-0.2, 0) is 14.4 Å². The summed E-state index contributed by atoms with van der Waals surface area (Å²) in [6, 6.07) is 0. The van der Waals surface area contributed by atoms with Crippen molar-refractivity contribution in [2.24, 2.45) is 0 Å². The van der Waals surface area contributed by atoms with Gasteiger partial charge in [0.15, 0.2) is 0 Å². The predicted molar refractivity (Wildman–Crippen MR) is 45.9 cm³/mol. The molecule has 0 aromatic heterocycles. The van der Waals surface area contributed by atoms with Gasteiger partial charge in [-0.3, -0.25) is 4.79 Å². The molecule has 6 heteroatoms. The van der Waals surface area contributed by atoms with Crippen molar-refractivity contribution in [2.45, 2.75) is 44.9 Å². The standard InChI is InChI=1S/C8H15NO5/c1-4-6(11)3-7(12)8(13-4)14-9-5(2)10/h4,6-8,11-12H,3H2,1-2H3,(H,9,10)/t4-,6+,7-,8-/m1/s1. The second-order valence-electron chi connectivity index (χ2n) is 3.36. The van der Waals surface area contributed by atoms with Crippen LogP contribution in [0.25, 0.3) is 0 Å². The predicted octanol–water partition coefficient (Wildman–Crippen LogP) is -1.09. The van der Waals surface area contributed by atoms with Crippen LogP contribution in [0.3, 0.4) is 0 Å². The maximum absolute atomic E-state index is 10.5. The summed E-state index contributed by atoms with van der Waals surface area (Å²) in [6.07, 6.45) is -2.81. The van der Waals surface area contributed by atoms with Crippen molar-refractivity contribution in [3.63, 3.8) is 0 Å². The van der Waals surface area contributed by atoms with Gasteiger partial charge in [-0.2, -0.15) is 0 Å². The van der Waals surface area contributed by atoms with Crippen LogP contribution in [0.5, 0.6) is 0 Å². The van der Waals surface area contributed by atoms with E-state index in [1.807, 2.05) is 0 Å². The lowest BCUT2D eigenvalue weighted by atomic mass is 10.0. The highest BCUT2D eigenvalue weighted by molar-refractivity contribution is 5.71. The molecule has 1 saturated heterocycles. The number of hydrogen-bond acceptors (Lipinski definition) is 5. The lowest BCUT2D eigenvalue weighted by Gasteiger charge is -2.34. The van der Waals surface area contributed by atoms with Gasteiger partial charge in [-0.1, -0.05) is 0 Å². The molecule has 6 nitrogen and oxygen atoms in total. The molecule has 0 aliphatic carbocycles. The largest absolute Gasteiger partial charge is 0.390 e. The summed E-state index contributed by atoms with van der Waals surface area (Å²) in [5.41, 5.74) is 2.08. The fraction of sp³-hybridized carbons (Fsp3) is 0.875. The van der Waals surface area contributed by atoms with Gasteiger partial charge in [0, 0.05) is 13.3 Å². The Morgan fingerprint density at radius 1 is 1.50 bits per heavy atom. The number of rotatable bonds is 2. The van der Waals surface area contributed by atoms with Crippen LogP contribution in [0.1, 0.15) is 20.3 Å². The fourth-order valence-corrected chi connectivity index (χ4v) is 1.19. The van der Waals surface area contributed by atoms with E-state index in [0.29, 0.717) is 0 Å². The molecule has 0 saturated carbocycles. The Balaban J connectivity index is 2.40. The van der Waals surface area contributed by atoms with Crippen LogP contribution in [0.4, 0.5) is 0 Å². The Morgan fingerprint density at radius 3 is 2.71 bits per heavy atom. The normalized spacial score (nSPS) is 38.0. The van der Waals surface area contributed by atoms with E-state index in [4.69, 9.17) is 9.57 Å². The van der Waals surface area contributed by atoms with E-state index in [1.165, 1.54) is 6.92 Å². The highest BCUT2D eigenvalue weighted by atomic mass is 16.8. The van der Waals surface area contributed by atoms with Gasteiger partial charge in [0.05, 0.1) is 12.2 Å². The highest BCUT2D eigenvalue weighted by Gasteiger charge is 2.35. The summed E-state index contributed by atoms with van der Waals surface area (Å²) < 4.78 is 5.12. The minimum atomic E-state index is -0.937. The summed E-state index contributed by atoms with van der Waals surface area (Å²) in [7, 11) is 0. The zero-order valence-electron chi connectivity index (χ0n) is 8.14. The van der Waals surface area contributed by atoms with Crippen LogP contribution in [0.15, 0.2) is 0 Å².